The van der Waals surface area contributed by atoms with Gasteiger partial charge in [0.05, 0.1) is 10.6 Å². The second-order valence-corrected chi connectivity index (χ2v) is 6.60. The second kappa shape index (κ2) is 4.40. The Morgan fingerprint density at radius 2 is 2.06 bits per heavy atom. The molecule has 17 heavy (non-hydrogen) atoms. The molecule has 0 amide bonds. The molecular weight excluding hydrogens is 238 g/mol. The van der Waals surface area contributed by atoms with Gasteiger partial charge in [-0.3, -0.25) is 0 Å². The third kappa shape index (κ3) is 1.99. The predicted octanol–water partition coefficient (Wildman–Crippen LogP) is 0.443. The van der Waals surface area contributed by atoms with Crippen molar-refractivity contribution in [1.82, 2.24) is 0 Å². The van der Waals surface area contributed by atoms with Crippen LogP contribution in [0.3, 0.4) is 0 Å². The minimum atomic E-state index is -3.18. The molecule has 3 N–H and O–H groups in total. The number of aliphatic hydroxyl groups excluding tert-OH is 1. The first kappa shape index (κ1) is 12.5. The largest absolute Gasteiger partial charge is 0.396 e. The monoisotopic (exact) mass is 255 g/mol. The summed E-state index contributed by atoms with van der Waals surface area (Å²) >= 11 is 0. The lowest BCUT2D eigenvalue weighted by Gasteiger charge is -2.37. The highest BCUT2D eigenvalue weighted by Gasteiger charge is 2.40. The lowest BCUT2D eigenvalue weighted by Crippen LogP contribution is -2.42. The van der Waals surface area contributed by atoms with Gasteiger partial charge in [-0.1, -0.05) is 18.2 Å². The summed E-state index contributed by atoms with van der Waals surface area (Å²) in [4.78, 5) is 0.380. The van der Waals surface area contributed by atoms with E-state index in [-0.39, 0.29) is 12.4 Å². The summed E-state index contributed by atoms with van der Waals surface area (Å²) in [5, 5.41) is 9.17. The van der Waals surface area contributed by atoms with Gasteiger partial charge in [-0.25, -0.2) is 8.42 Å². The van der Waals surface area contributed by atoms with Crippen LogP contribution in [0, 0.1) is 0 Å². The first-order chi connectivity index (χ1) is 8.06. The topological polar surface area (TPSA) is 80.4 Å². The molecule has 0 aromatic heterocycles. The number of hydrogen-bond acceptors (Lipinski definition) is 4. The number of hydrogen-bond donors (Lipinski definition) is 2. The molecule has 1 aliphatic rings. The first-order valence-corrected chi connectivity index (χ1v) is 7.34. The molecule has 0 bridgehead atoms. The van der Waals surface area contributed by atoms with E-state index in [9.17, 15) is 8.42 Å². The number of benzene rings is 1. The maximum absolute atomic E-state index is 12.0. The zero-order chi connectivity index (χ0) is 12.5. The van der Waals surface area contributed by atoms with Crippen molar-refractivity contribution in [2.75, 3.05) is 18.9 Å². The third-order valence-electron chi connectivity index (χ3n) is 3.62. The Labute approximate surface area is 101 Å². The summed E-state index contributed by atoms with van der Waals surface area (Å²) in [6.07, 6.45) is 0.999. The zero-order valence-corrected chi connectivity index (χ0v) is 10.4. The summed E-state index contributed by atoms with van der Waals surface area (Å²) in [7, 11) is -3.18. The Hall–Kier alpha value is -0.910. The lowest BCUT2D eigenvalue weighted by atomic mass is 9.75. The van der Waals surface area contributed by atoms with Gasteiger partial charge in [0.2, 0.25) is 0 Å². The van der Waals surface area contributed by atoms with Crippen LogP contribution in [-0.2, 0) is 15.3 Å². The van der Waals surface area contributed by atoms with E-state index in [0.29, 0.717) is 24.3 Å². The SMILES string of the molecule is NCC1(CCO)CCS(=O)(=O)c2ccccc21. The van der Waals surface area contributed by atoms with Crippen LogP contribution in [0.2, 0.25) is 0 Å². The van der Waals surface area contributed by atoms with E-state index in [4.69, 9.17) is 10.8 Å². The van der Waals surface area contributed by atoms with Crippen molar-refractivity contribution in [3.05, 3.63) is 29.8 Å². The van der Waals surface area contributed by atoms with Crippen molar-refractivity contribution in [1.29, 1.82) is 0 Å². The van der Waals surface area contributed by atoms with Gasteiger partial charge in [-0.15, -0.1) is 0 Å². The van der Waals surface area contributed by atoms with Crippen molar-refractivity contribution < 1.29 is 13.5 Å². The second-order valence-electron chi connectivity index (χ2n) is 4.52. The van der Waals surface area contributed by atoms with Crippen LogP contribution in [-0.4, -0.2) is 32.4 Å². The molecule has 0 radical (unpaired) electrons. The standard InChI is InChI=1S/C12H17NO3S/c13-9-12(5-7-14)6-8-17(15,16)11-4-2-1-3-10(11)12/h1-4,14H,5-9,13H2. The van der Waals surface area contributed by atoms with Crippen LogP contribution >= 0.6 is 0 Å². The van der Waals surface area contributed by atoms with Crippen molar-refractivity contribution in [2.45, 2.75) is 23.2 Å². The lowest BCUT2D eigenvalue weighted by molar-refractivity contribution is 0.231. The van der Waals surface area contributed by atoms with Gasteiger partial charge in [0.1, 0.15) is 0 Å². The molecule has 1 unspecified atom stereocenters. The van der Waals surface area contributed by atoms with Crippen LogP contribution in [0.15, 0.2) is 29.2 Å². The number of nitrogens with two attached hydrogens (primary N) is 1. The number of fused-ring (bicyclic) bond motifs is 1. The number of sulfone groups is 1. The summed E-state index contributed by atoms with van der Waals surface area (Å²) in [6.45, 7) is 0.381. The highest BCUT2D eigenvalue weighted by Crippen LogP contribution is 2.40. The molecule has 0 saturated carbocycles. The fourth-order valence-electron chi connectivity index (χ4n) is 2.54. The quantitative estimate of drug-likeness (QED) is 0.821. The van der Waals surface area contributed by atoms with Crippen molar-refractivity contribution in [3.63, 3.8) is 0 Å². The van der Waals surface area contributed by atoms with Gasteiger partial charge in [-0.2, -0.15) is 0 Å². The number of rotatable bonds is 3. The Morgan fingerprint density at radius 3 is 2.71 bits per heavy atom. The Kier molecular flexibility index (Phi) is 3.25. The van der Waals surface area contributed by atoms with Gasteiger partial charge in [-0.05, 0) is 24.5 Å². The van der Waals surface area contributed by atoms with Crippen molar-refractivity contribution in [3.8, 4) is 0 Å². The fourth-order valence-corrected chi connectivity index (χ4v) is 4.32. The molecule has 2 rings (SSSR count). The van der Waals surface area contributed by atoms with Gasteiger partial charge in [0, 0.05) is 18.6 Å². The first-order valence-electron chi connectivity index (χ1n) is 5.69. The van der Waals surface area contributed by atoms with Crippen LogP contribution in [0.5, 0.6) is 0 Å². The minimum absolute atomic E-state index is 0.0194. The summed E-state index contributed by atoms with van der Waals surface area (Å²) in [6, 6.07) is 6.99. The molecule has 1 aromatic rings. The van der Waals surface area contributed by atoms with Crippen molar-refractivity contribution >= 4 is 9.84 Å². The summed E-state index contributed by atoms with van der Waals surface area (Å²) in [5.41, 5.74) is 6.20. The highest BCUT2D eigenvalue weighted by atomic mass is 32.2. The molecule has 94 valence electrons. The van der Waals surface area contributed by atoms with Crippen LogP contribution in [0.25, 0.3) is 0 Å². The van der Waals surface area contributed by atoms with E-state index in [1.807, 2.05) is 12.1 Å². The molecule has 1 aliphatic heterocycles. The molecule has 0 aliphatic carbocycles. The maximum atomic E-state index is 12.0. The van der Waals surface area contributed by atoms with E-state index >= 15 is 0 Å². The minimum Gasteiger partial charge on any atom is -0.396 e. The van der Waals surface area contributed by atoms with Gasteiger partial charge in [0.25, 0.3) is 0 Å². The Bertz CT molecular complexity index is 512. The Balaban J connectivity index is 2.62. The predicted molar refractivity (Wildman–Crippen MR) is 65.5 cm³/mol. The molecule has 0 spiro atoms. The highest BCUT2D eigenvalue weighted by molar-refractivity contribution is 7.91. The van der Waals surface area contributed by atoms with Crippen LogP contribution in [0.1, 0.15) is 18.4 Å². The molecule has 5 heteroatoms. The molecule has 0 fully saturated rings. The molecule has 1 atom stereocenters. The van der Waals surface area contributed by atoms with Crippen LogP contribution < -0.4 is 5.73 Å². The van der Waals surface area contributed by atoms with Gasteiger partial charge in [0.15, 0.2) is 9.84 Å². The molecular formula is C12H17NO3S. The zero-order valence-electron chi connectivity index (χ0n) is 9.59. The fraction of sp³-hybridized carbons (Fsp3) is 0.500. The summed E-state index contributed by atoms with van der Waals surface area (Å²) in [5.74, 6) is 0.112. The van der Waals surface area contributed by atoms with Gasteiger partial charge >= 0.3 is 0 Å². The van der Waals surface area contributed by atoms with E-state index in [2.05, 4.69) is 0 Å². The molecule has 0 saturated heterocycles. The average molecular weight is 255 g/mol. The van der Waals surface area contributed by atoms with E-state index in [1.165, 1.54) is 0 Å². The van der Waals surface area contributed by atoms with E-state index in [1.54, 1.807) is 12.1 Å². The molecule has 1 heterocycles. The Morgan fingerprint density at radius 1 is 1.35 bits per heavy atom. The van der Waals surface area contributed by atoms with Crippen LogP contribution in [0.4, 0.5) is 0 Å². The van der Waals surface area contributed by atoms with Gasteiger partial charge < -0.3 is 10.8 Å². The average Bonchev–Trinajstić information content (AvgIpc) is 2.34. The summed E-state index contributed by atoms with van der Waals surface area (Å²) < 4.78 is 24.0. The van der Waals surface area contributed by atoms with E-state index < -0.39 is 15.3 Å². The number of aliphatic hydroxyl groups is 1. The van der Waals surface area contributed by atoms with Crippen molar-refractivity contribution in [2.24, 2.45) is 5.73 Å². The third-order valence-corrected chi connectivity index (χ3v) is 5.39. The molecule has 4 nitrogen and oxygen atoms in total. The maximum Gasteiger partial charge on any atom is 0.178 e. The normalized spacial score (nSPS) is 26.5. The van der Waals surface area contributed by atoms with E-state index in [0.717, 1.165) is 5.56 Å². The molecule has 1 aromatic carbocycles. The smallest absolute Gasteiger partial charge is 0.178 e.